The smallest absolute Gasteiger partial charge is 0.142 e. The average Bonchev–Trinajstić information content (AvgIpc) is 3.15. The molecule has 124 valence electrons. The number of nitrogens with one attached hydrogen (secondary N) is 1. The van der Waals surface area contributed by atoms with Gasteiger partial charge in [0.1, 0.15) is 23.9 Å². The molecule has 5 nitrogen and oxygen atoms in total. The molecule has 1 saturated heterocycles. The molecule has 1 aromatic carbocycles. The van der Waals surface area contributed by atoms with Gasteiger partial charge in [0.25, 0.3) is 0 Å². The zero-order valence-corrected chi connectivity index (χ0v) is 13.4. The number of ether oxygens (including phenoxy) is 2. The molecule has 3 rings (SSSR count). The summed E-state index contributed by atoms with van der Waals surface area (Å²) >= 11 is 0. The topological polar surface area (TPSA) is 56.5 Å². The van der Waals surface area contributed by atoms with Crippen LogP contribution in [0.2, 0.25) is 0 Å². The molecule has 1 N–H and O–H groups in total. The molecule has 1 aliphatic rings. The maximum atomic E-state index is 13.6. The van der Waals surface area contributed by atoms with Crippen molar-refractivity contribution in [3.8, 4) is 5.75 Å². The highest BCUT2D eigenvalue weighted by molar-refractivity contribution is 5.57. The molecule has 0 amide bonds. The van der Waals surface area contributed by atoms with Crippen LogP contribution in [0.1, 0.15) is 29.9 Å². The van der Waals surface area contributed by atoms with Crippen LogP contribution in [0.5, 0.6) is 5.75 Å². The van der Waals surface area contributed by atoms with Crippen molar-refractivity contribution in [3.05, 3.63) is 41.0 Å². The largest absolute Gasteiger partial charge is 0.489 e. The molecule has 2 heterocycles. The van der Waals surface area contributed by atoms with E-state index in [4.69, 9.17) is 14.0 Å². The Morgan fingerprint density at radius 2 is 2.26 bits per heavy atom. The van der Waals surface area contributed by atoms with Gasteiger partial charge in [0, 0.05) is 24.8 Å². The van der Waals surface area contributed by atoms with E-state index in [1.807, 2.05) is 13.8 Å². The monoisotopic (exact) mass is 320 g/mol. The first-order valence-electron chi connectivity index (χ1n) is 7.83. The number of hydrogen-bond acceptors (Lipinski definition) is 5. The third-order valence-corrected chi connectivity index (χ3v) is 4.03. The van der Waals surface area contributed by atoms with Crippen molar-refractivity contribution in [2.75, 3.05) is 18.5 Å². The van der Waals surface area contributed by atoms with Gasteiger partial charge in [-0.1, -0.05) is 5.16 Å². The second-order valence-corrected chi connectivity index (χ2v) is 5.74. The number of nitrogens with zero attached hydrogens (tertiary/aromatic N) is 1. The van der Waals surface area contributed by atoms with Crippen molar-refractivity contribution in [1.82, 2.24) is 5.16 Å². The highest BCUT2D eigenvalue weighted by atomic mass is 19.1. The lowest BCUT2D eigenvalue weighted by Gasteiger charge is -2.16. The van der Waals surface area contributed by atoms with Crippen molar-refractivity contribution in [1.29, 1.82) is 0 Å². The number of aromatic nitrogens is 1. The van der Waals surface area contributed by atoms with Crippen LogP contribution in [0.4, 0.5) is 10.1 Å². The van der Waals surface area contributed by atoms with Crippen molar-refractivity contribution in [3.63, 3.8) is 0 Å². The van der Waals surface area contributed by atoms with Gasteiger partial charge < -0.3 is 19.3 Å². The molecule has 0 saturated carbocycles. The molecule has 1 aliphatic heterocycles. The average molecular weight is 320 g/mol. The molecule has 1 atom stereocenters. The van der Waals surface area contributed by atoms with E-state index < -0.39 is 0 Å². The van der Waals surface area contributed by atoms with Crippen LogP contribution in [0.15, 0.2) is 22.7 Å². The van der Waals surface area contributed by atoms with E-state index >= 15 is 0 Å². The predicted octanol–water partition coefficient (Wildman–Crippen LogP) is 3.60. The van der Waals surface area contributed by atoms with Gasteiger partial charge in [0.05, 0.1) is 17.5 Å². The summed E-state index contributed by atoms with van der Waals surface area (Å²) in [7, 11) is 0. The number of anilines is 1. The molecule has 0 bridgehead atoms. The molecular formula is C17H21FN2O3. The van der Waals surface area contributed by atoms with E-state index in [2.05, 4.69) is 10.5 Å². The van der Waals surface area contributed by atoms with Gasteiger partial charge >= 0.3 is 0 Å². The quantitative estimate of drug-likeness (QED) is 0.881. The summed E-state index contributed by atoms with van der Waals surface area (Å²) in [4.78, 5) is 0. The summed E-state index contributed by atoms with van der Waals surface area (Å²) in [6.07, 6.45) is 2.19. The number of benzene rings is 1. The molecule has 6 heteroatoms. The minimum atomic E-state index is -0.310. The van der Waals surface area contributed by atoms with Crippen molar-refractivity contribution >= 4 is 5.69 Å². The van der Waals surface area contributed by atoms with Gasteiger partial charge in [0.15, 0.2) is 0 Å². The summed E-state index contributed by atoms with van der Waals surface area (Å²) in [5.41, 5.74) is 2.41. The van der Waals surface area contributed by atoms with Crippen LogP contribution in [0, 0.1) is 19.7 Å². The molecular weight excluding hydrogens is 299 g/mol. The van der Waals surface area contributed by atoms with Crippen LogP contribution < -0.4 is 10.1 Å². The zero-order chi connectivity index (χ0) is 16.2. The second kappa shape index (κ2) is 7.00. The summed E-state index contributed by atoms with van der Waals surface area (Å²) in [6, 6.07) is 4.47. The molecule has 23 heavy (non-hydrogen) atoms. The van der Waals surface area contributed by atoms with Gasteiger partial charge in [-0.15, -0.1) is 0 Å². The molecule has 1 fully saturated rings. The normalized spacial score (nSPS) is 17.4. The SMILES string of the molecule is Cc1noc(C)c1CNc1cc(F)ccc1OCC1CCCO1. The molecule has 0 aliphatic carbocycles. The van der Waals surface area contributed by atoms with Gasteiger partial charge in [-0.05, 0) is 38.8 Å². The van der Waals surface area contributed by atoms with E-state index in [-0.39, 0.29) is 11.9 Å². The van der Waals surface area contributed by atoms with Gasteiger partial charge in [-0.2, -0.15) is 0 Å². The summed E-state index contributed by atoms with van der Waals surface area (Å²) in [5.74, 6) is 1.07. The Morgan fingerprint density at radius 1 is 1.39 bits per heavy atom. The first kappa shape index (κ1) is 15.8. The van der Waals surface area contributed by atoms with E-state index in [0.29, 0.717) is 24.6 Å². The van der Waals surface area contributed by atoms with Crippen molar-refractivity contribution in [2.24, 2.45) is 0 Å². The molecule has 0 spiro atoms. The lowest BCUT2D eigenvalue weighted by atomic mass is 10.2. The Bertz CT molecular complexity index is 646. The lowest BCUT2D eigenvalue weighted by Crippen LogP contribution is -2.17. The minimum absolute atomic E-state index is 0.121. The highest BCUT2D eigenvalue weighted by Crippen LogP contribution is 2.27. The number of aryl methyl sites for hydroxylation is 2. The van der Waals surface area contributed by atoms with E-state index in [0.717, 1.165) is 36.5 Å². The van der Waals surface area contributed by atoms with Crippen LogP contribution in [-0.2, 0) is 11.3 Å². The first-order chi connectivity index (χ1) is 11.1. The van der Waals surface area contributed by atoms with Crippen LogP contribution in [-0.4, -0.2) is 24.5 Å². The Hall–Kier alpha value is -2.08. The number of hydrogen-bond donors (Lipinski definition) is 1. The van der Waals surface area contributed by atoms with Crippen molar-refractivity contribution in [2.45, 2.75) is 39.3 Å². The summed E-state index contributed by atoms with van der Waals surface area (Å²) in [5, 5.41) is 7.13. The molecule has 0 radical (unpaired) electrons. The standard InChI is InChI=1S/C17H21FN2O3/c1-11-15(12(2)23-20-11)9-19-16-8-13(18)5-6-17(16)22-10-14-4-3-7-21-14/h5-6,8,14,19H,3-4,7,9-10H2,1-2H3. The predicted molar refractivity (Wildman–Crippen MR) is 84.2 cm³/mol. The van der Waals surface area contributed by atoms with Gasteiger partial charge in [-0.3, -0.25) is 0 Å². The third kappa shape index (κ3) is 3.82. The lowest BCUT2D eigenvalue weighted by molar-refractivity contribution is 0.0682. The maximum absolute atomic E-state index is 13.6. The van der Waals surface area contributed by atoms with Crippen molar-refractivity contribution < 1.29 is 18.4 Å². The van der Waals surface area contributed by atoms with Gasteiger partial charge in [-0.25, -0.2) is 4.39 Å². The Morgan fingerprint density at radius 3 is 2.96 bits per heavy atom. The zero-order valence-electron chi connectivity index (χ0n) is 13.4. The summed E-state index contributed by atoms with van der Waals surface area (Å²) < 4.78 is 30.1. The van der Waals surface area contributed by atoms with Gasteiger partial charge in [0.2, 0.25) is 0 Å². The van der Waals surface area contributed by atoms with E-state index in [1.54, 1.807) is 6.07 Å². The van der Waals surface area contributed by atoms with E-state index in [9.17, 15) is 4.39 Å². The number of rotatable bonds is 6. The van der Waals surface area contributed by atoms with Crippen LogP contribution in [0.3, 0.4) is 0 Å². The Kier molecular flexibility index (Phi) is 4.81. The van der Waals surface area contributed by atoms with Crippen LogP contribution >= 0.6 is 0 Å². The second-order valence-electron chi connectivity index (χ2n) is 5.74. The summed E-state index contributed by atoms with van der Waals surface area (Å²) in [6.45, 7) is 5.51. The fourth-order valence-electron chi connectivity index (χ4n) is 2.66. The minimum Gasteiger partial charge on any atom is -0.489 e. The maximum Gasteiger partial charge on any atom is 0.142 e. The Labute approximate surface area is 134 Å². The fraction of sp³-hybridized carbons (Fsp3) is 0.471. The third-order valence-electron chi connectivity index (χ3n) is 4.03. The number of halogens is 1. The van der Waals surface area contributed by atoms with E-state index in [1.165, 1.54) is 12.1 Å². The van der Waals surface area contributed by atoms with Crippen LogP contribution in [0.25, 0.3) is 0 Å². The fourth-order valence-corrected chi connectivity index (χ4v) is 2.66. The molecule has 2 aromatic rings. The first-order valence-corrected chi connectivity index (χ1v) is 7.83. The highest BCUT2D eigenvalue weighted by Gasteiger charge is 2.17. The molecule has 1 unspecified atom stereocenters. The Balaban J connectivity index is 1.68. The molecule has 1 aromatic heterocycles.